The third-order valence-corrected chi connectivity index (χ3v) is 6.40. The van der Waals surface area contributed by atoms with Crippen LogP contribution in [0.15, 0.2) is 41.5 Å². The van der Waals surface area contributed by atoms with Crippen LogP contribution in [-0.4, -0.2) is 39.1 Å². The lowest BCUT2D eigenvalue weighted by atomic mass is 9.94. The minimum absolute atomic E-state index is 0.0395. The number of hydrogen-bond donors (Lipinski definition) is 1. The molecule has 2 aliphatic heterocycles. The Bertz CT molecular complexity index is 846. The lowest BCUT2D eigenvalue weighted by Gasteiger charge is -2.32. The molecular weight excluding hydrogens is 370 g/mol. The number of halogens is 1. The normalized spacial score (nSPS) is 24.5. The Morgan fingerprint density at radius 3 is 2.92 bits per heavy atom. The highest BCUT2D eigenvalue weighted by atomic mass is 35.5. The van der Waals surface area contributed by atoms with Crippen LogP contribution in [-0.2, 0) is 0 Å². The van der Waals surface area contributed by atoms with Crippen LogP contribution in [0.5, 0.6) is 11.5 Å². The number of ether oxygens (including phenoxy) is 1. The summed E-state index contributed by atoms with van der Waals surface area (Å²) in [5.74, 6) is 1.48. The fourth-order valence-electron chi connectivity index (χ4n) is 3.64. The van der Waals surface area contributed by atoms with E-state index in [1.54, 1.807) is 31.1 Å². The Hall–Kier alpha value is -1.92. The summed E-state index contributed by atoms with van der Waals surface area (Å²) in [5.41, 5.74) is 1.81. The van der Waals surface area contributed by atoms with E-state index in [4.69, 9.17) is 21.3 Å². The second-order valence-electron chi connectivity index (χ2n) is 6.38. The van der Waals surface area contributed by atoms with E-state index in [-0.39, 0.29) is 17.8 Å². The average Bonchev–Trinajstić information content (AvgIpc) is 3.22. The molecule has 1 saturated heterocycles. The summed E-state index contributed by atoms with van der Waals surface area (Å²) in [6.45, 7) is 2.19. The number of rotatable bonds is 4. The predicted molar refractivity (Wildman–Crippen MR) is 105 cm³/mol. The van der Waals surface area contributed by atoms with E-state index in [1.165, 1.54) is 0 Å². The van der Waals surface area contributed by atoms with Crippen LogP contribution >= 0.6 is 23.4 Å². The van der Waals surface area contributed by atoms with Crippen molar-refractivity contribution in [3.05, 3.63) is 52.8 Å². The molecule has 0 amide bonds. The Morgan fingerprint density at radius 2 is 2.23 bits per heavy atom. The van der Waals surface area contributed by atoms with Crippen molar-refractivity contribution >= 4 is 28.5 Å². The Balaban J connectivity index is 1.85. The lowest BCUT2D eigenvalue weighted by Crippen LogP contribution is -2.35. The van der Waals surface area contributed by atoms with Crippen LogP contribution in [0.2, 0.25) is 5.02 Å². The summed E-state index contributed by atoms with van der Waals surface area (Å²) in [6.07, 6.45) is 2.82. The van der Waals surface area contributed by atoms with E-state index in [0.717, 1.165) is 28.6 Å². The van der Waals surface area contributed by atoms with Gasteiger partial charge in [0.25, 0.3) is 0 Å². The number of aromatic nitrogens is 1. The van der Waals surface area contributed by atoms with Gasteiger partial charge in [-0.3, -0.25) is 9.98 Å². The number of nitrogens with zero attached hydrogens (tertiary/aromatic N) is 3. The minimum Gasteiger partial charge on any atom is -0.504 e. The first-order valence-electron chi connectivity index (χ1n) is 8.60. The van der Waals surface area contributed by atoms with Crippen molar-refractivity contribution in [3.8, 4) is 11.5 Å². The van der Waals surface area contributed by atoms with Crippen LogP contribution in [0, 0.1) is 0 Å². The number of phenols is 1. The van der Waals surface area contributed by atoms with Gasteiger partial charge in [-0.2, -0.15) is 0 Å². The first-order chi connectivity index (χ1) is 12.6. The molecule has 1 fully saturated rings. The number of hydrogen-bond acceptors (Lipinski definition) is 6. The van der Waals surface area contributed by atoms with Crippen molar-refractivity contribution in [2.45, 2.75) is 31.5 Å². The second-order valence-corrected chi connectivity index (χ2v) is 7.78. The molecule has 3 atom stereocenters. The van der Waals surface area contributed by atoms with Crippen molar-refractivity contribution in [3.63, 3.8) is 0 Å². The molecule has 5 nitrogen and oxygen atoms in total. The van der Waals surface area contributed by atoms with Gasteiger partial charge in [0.1, 0.15) is 6.04 Å². The number of phenolic OH excluding ortho intramolecular Hbond substituents is 1. The predicted octanol–water partition coefficient (Wildman–Crippen LogP) is 4.43. The Kier molecular flexibility index (Phi) is 4.71. The molecule has 0 aliphatic carbocycles. The summed E-state index contributed by atoms with van der Waals surface area (Å²) in [6, 6.07) is 9.45. The van der Waals surface area contributed by atoms with Gasteiger partial charge in [-0.15, -0.1) is 0 Å². The van der Waals surface area contributed by atoms with Gasteiger partial charge in [-0.1, -0.05) is 36.4 Å². The summed E-state index contributed by atoms with van der Waals surface area (Å²) < 4.78 is 5.32. The van der Waals surface area contributed by atoms with E-state index >= 15 is 0 Å². The molecule has 26 heavy (non-hydrogen) atoms. The number of aromatic hydroxyl groups is 1. The van der Waals surface area contributed by atoms with Crippen LogP contribution in [0.3, 0.4) is 0 Å². The molecule has 3 heterocycles. The average molecular weight is 390 g/mol. The highest BCUT2D eigenvalue weighted by Gasteiger charge is 2.46. The highest BCUT2D eigenvalue weighted by molar-refractivity contribution is 8.14. The first kappa shape index (κ1) is 17.5. The second kappa shape index (κ2) is 7.00. The Labute approximate surface area is 162 Å². The number of amidine groups is 1. The van der Waals surface area contributed by atoms with Crippen LogP contribution in [0.25, 0.3) is 0 Å². The highest BCUT2D eigenvalue weighted by Crippen LogP contribution is 2.51. The van der Waals surface area contributed by atoms with Gasteiger partial charge in [0, 0.05) is 29.1 Å². The molecule has 7 heteroatoms. The number of benzene rings is 1. The standard InChI is InChI=1S/C19H20ClN3O2S/c1-3-11-10-26-19-22-17(14-6-4-5-7-21-14)18(23(11)19)12-8-16(25-2)15(24)9-13(12)20/h4-9,11,17-18,24H,3,10H2,1-2H3/t11-,17-,18+/m1/s1. The van der Waals surface area contributed by atoms with E-state index in [1.807, 2.05) is 24.3 Å². The molecule has 136 valence electrons. The first-order valence-corrected chi connectivity index (χ1v) is 9.96. The number of thioether (sulfide) groups is 1. The molecule has 1 N–H and O–H groups in total. The van der Waals surface area contributed by atoms with E-state index < -0.39 is 0 Å². The minimum atomic E-state index is -0.139. The van der Waals surface area contributed by atoms with Crippen molar-refractivity contribution in [2.24, 2.45) is 4.99 Å². The number of fused-ring (bicyclic) bond motifs is 1. The summed E-state index contributed by atoms with van der Waals surface area (Å²) >= 11 is 8.34. The quantitative estimate of drug-likeness (QED) is 0.838. The molecule has 0 radical (unpaired) electrons. The molecular formula is C19H20ClN3O2S. The van der Waals surface area contributed by atoms with E-state index in [2.05, 4.69) is 16.8 Å². The maximum atomic E-state index is 10.1. The van der Waals surface area contributed by atoms with Crippen LogP contribution < -0.4 is 4.74 Å². The fourth-order valence-corrected chi connectivity index (χ4v) is 5.24. The third-order valence-electron chi connectivity index (χ3n) is 4.95. The number of methoxy groups -OCH3 is 1. The van der Waals surface area contributed by atoms with Gasteiger partial charge in [0.05, 0.1) is 18.8 Å². The molecule has 0 unspecified atom stereocenters. The molecule has 0 saturated carbocycles. The molecule has 1 aromatic carbocycles. The Morgan fingerprint density at radius 1 is 1.38 bits per heavy atom. The van der Waals surface area contributed by atoms with Gasteiger partial charge >= 0.3 is 0 Å². The topological polar surface area (TPSA) is 58.0 Å². The summed E-state index contributed by atoms with van der Waals surface area (Å²) in [5, 5.41) is 11.6. The molecule has 2 aliphatic rings. The largest absolute Gasteiger partial charge is 0.504 e. The van der Waals surface area contributed by atoms with Gasteiger partial charge in [0.2, 0.25) is 0 Å². The molecule has 4 rings (SSSR count). The van der Waals surface area contributed by atoms with Gasteiger partial charge in [-0.05, 0) is 30.2 Å². The maximum absolute atomic E-state index is 10.1. The smallest absolute Gasteiger partial charge is 0.160 e. The fraction of sp³-hybridized carbons (Fsp3) is 0.368. The van der Waals surface area contributed by atoms with Crippen molar-refractivity contribution in [1.82, 2.24) is 9.88 Å². The molecule has 0 spiro atoms. The van der Waals surface area contributed by atoms with Gasteiger partial charge in [0.15, 0.2) is 16.7 Å². The maximum Gasteiger partial charge on any atom is 0.160 e. The van der Waals surface area contributed by atoms with E-state index in [0.29, 0.717) is 16.8 Å². The number of pyridine rings is 1. The van der Waals surface area contributed by atoms with Crippen LogP contribution in [0.4, 0.5) is 0 Å². The monoisotopic (exact) mass is 389 g/mol. The third kappa shape index (κ3) is 2.81. The summed E-state index contributed by atoms with van der Waals surface area (Å²) in [4.78, 5) is 11.9. The summed E-state index contributed by atoms with van der Waals surface area (Å²) in [7, 11) is 1.54. The van der Waals surface area contributed by atoms with Crippen molar-refractivity contribution in [1.29, 1.82) is 0 Å². The van der Waals surface area contributed by atoms with Crippen molar-refractivity contribution < 1.29 is 9.84 Å². The SMILES string of the molecule is CC[C@@H]1CSC2=N[C@H](c3ccccn3)[C@H](c3cc(OC)c(O)cc3Cl)N21. The van der Waals surface area contributed by atoms with Crippen molar-refractivity contribution in [2.75, 3.05) is 12.9 Å². The molecule has 2 aromatic rings. The molecule has 0 bridgehead atoms. The zero-order valence-electron chi connectivity index (χ0n) is 14.6. The van der Waals surface area contributed by atoms with E-state index in [9.17, 15) is 5.11 Å². The van der Waals surface area contributed by atoms with Gasteiger partial charge < -0.3 is 14.7 Å². The van der Waals surface area contributed by atoms with Crippen LogP contribution in [0.1, 0.15) is 36.7 Å². The lowest BCUT2D eigenvalue weighted by molar-refractivity contribution is 0.254. The molecule has 1 aromatic heterocycles. The zero-order chi connectivity index (χ0) is 18.3. The zero-order valence-corrected chi connectivity index (χ0v) is 16.2. The number of aliphatic imine (C=N–C) groups is 1. The van der Waals surface area contributed by atoms with Gasteiger partial charge in [-0.25, -0.2) is 0 Å².